The molecule has 1 fully saturated rings. The molecule has 2 N–H and O–H groups in total. The third-order valence-electron chi connectivity index (χ3n) is 4.59. The van der Waals surface area contributed by atoms with Crippen LogP contribution in [0.15, 0.2) is 30.3 Å². The Labute approximate surface area is 149 Å². The molecule has 25 heavy (non-hydrogen) atoms. The van der Waals surface area contributed by atoms with Gasteiger partial charge in [-0.3, -0.25) is 4.79 Å². The highest BCUT2D eigenvalue weighted by Crippen LogP contribution is 2.21. The predicted octanol–water partition coefficient (Wildman–Crippen LogP) is 4.48. The van der Waals surface area contributed by atoms with Gasteiger partial charge in [-0.2, -0.15) is 0 Å². The number of nitrogens with zero attached hydrogens (tertiary/aromatic N) is 2. The third kappa shape index (κ3) is 5.02. The van der Waals surface area contributed by atoms with E-state index in [1.54, 1.807) is 6.07 Å². The maximum Gasteiger partial charge on any atom is 0.274 e. The number of carbonyl (C=O) groups excluding carboxylic acids is 1. The van der Waals surface area contributed by atoms with Crippen LogP contribution in [0, 0.1) is 13.8 Å². The van der Waals surface area contributed by atoms with E-state index in [4.69, 9.17) is 0 Å². The van der Waals surface area contributed by atoms with Crippen molar-refractivity contribution < 1.29 is 4.79 Å². The minimum absolute atomic E-state index is 0.210. The Kier molecular flexibility index (Phi) is 5.64. The van der Waals surface area contributed by atoms with Crippen LogP contribution in [0.5, 0.6) is 0 Å². The average Bonchev–Trinajstić information content (AvgIpc) is 2.85. The molecule has 0 aliphatic heterocycles. The Hall–Kier alpha value is -2.43. The standard InChI is InChI=1S/C20H26N4O/c1-14-9-11-17(12-10-14)24-20(25)18-13-19(22-15(2)21-18)23-16-7-5-3-4-6-8-16/h9-13,16H,3-8H2,1-2H3,(H,24,25)(H,21,22,23). The first-order chi connectivity index (χ1) is 12.1. The highest BCUT2D eigenvalue weighted by atomic mass is 16.1. The summed E-state index contributed by atoms with van der Waals surface area (Å²) in [6.07, 6.45) is 7.45. The molecule has 1 heterocycles. The summed E-state index contributed by atoms with van der Waals surface area (Å²) in [6, 6.07) is 9.92. The molecular weight excluding hydrogens is 312 g/mol. The van der Waals surface area contributed by atoms with Crippen molar-refractivity contribution in [3.63, 3.8) is 0 Å². The largest absolute Gasteiger partial charge is 0.367 e. The minimum atomic E-state index is -0.210. The molecule has 5 heteroatoms. The molecule has 3 rings (SSSR count). The lowest BCUT2D eigenvalue weighted by Gasteiger charge is -2.17. The van der Waals surface area contributed by atoms with E-state index in [1.807, 2.05) is 38.1 Å². The number of benzene rings is 1. The number of hydrogen-bond donors (Lipinski definition) is 2. The average molecular weight is 338 g/mol. The summed E-state index contributed by atoms with van der Waals surface area (Å²) in [6.45, 7) is 3.84. The van der Waals surface area contributed by atoms with Gasteiger partial charge in [-0.15, -0.1) is 0 Å². The Morgan fingerprint density at radius 2 is 1.68 bits per heavy atom. The maximum absolute atomic E-state index is 12.5. The van der Waals surface area contributed by atoms with Crippen molar-refractivity contribution in [1.82, 2.24) is 9.97 Å². The van der Waals surface area contributed by atoms with Crippen molar-refractivity contribution in [1.29, 1.82) is 0 Å². The summed E-state index contributed by atoms with van der Waals surface area (Å²) in [7, 11) is 0. The van der Waals surface area contributed by atoms with Gasteiger partial charge in [-0.25, -0.2) is 9.97 Å². The molecule has 1 aliphatic carbocycles. The summed E-state index contributed by atoms with van der Waals surface area (Å²) >= 11 is 0. The third-order valence-corrected chi connectivity index (χ3v) is 4.59. The molecule has 2 aromatic rings. The van der Waals surface area contributed by atoms with E-state index < -0.39 is 0 Å². The van der Waals surface area contributed by atoms with Gasteiger partial charge in [0.25, 0.3) is 5.91 Å². The topological polar surface area (TPSA) is 66.9 Å². The number of aryl methyl sites for hydroxylation is 2. The molecular formula is C20H26N4O. The molecule has 0 unspecified atom stereocenters. The van der Waals surface area contributed by atoms with E-state index in [9.17, 15) is 4.79 Å². The summed E-state index contributed by atoms with van der Waals surface area (Å²) in [4.78, 5) is 21.3. The first kappa shape index (κ1) is 17.4. The van der Waals surface area contributed by atoms with Gasteiger partial charge < -0.3 is 10.6 Å². The Balaban J connectivity index is 1.71. The van der Waals surface area contributed by atoms with Crippen molar-refractivity contribution in [2.75, 3.05) is 10.6 Å². The van der Waals surface area contributed by atoms with E-state index in [-0.39, 0.29) is 5.91 Å². The molecule has 1 aliphatic rings. The monoisotopic (exact) mass is 338 g/mol. The quantitative estimate of drug-likeness (QED) is 0.807. The second-order valence-electron chi connectivity index (χ2n) is 6.84. The number of amides is 1. The van der Waals surface area contributed by atoms with E-state index in [0.717, 1.165) is 29.9 Å². The molecule has 0 saturated heterocycles. The Morgan fingerprint density at radius 1 is 1.00 bits per heavy atom. The summed E-state index contributed by atoms with van der Waals surface area (Å²) < 4.78 is 0. The maximum atomic E-state index is 12.5. The molecule has 1 aromatic carbocycles. The lowest BCUT2D eigenvalue weighted by Crippen LogP contribution is -2.21. The SMILES string of the molecule is Cc1ccc(NC(=O)c2cc(NC3CCCCCC3)nc(C)n2)cc1. The van der Waals surface area contributed by atoms with Crippen LogP contribution in [0.1, 0.15) is 60.4 Å². The number of nitrogens with one attached hydrogen (secondary N) is 2. The molecule has 0 atom stereocenters. The van der Waals surface area contributed by atoms with Crippen LogP contribution in [0.3, 0.4) is 0 Å². The predicted molar refractivity (Wildman–Crippen MR) is 101 cm³/mol. The molecule has 5 nitrogen and oxygen atoms in total. The second-order valence-corrected chi connectivity index (χ2v) is 6.84. The number of carbonyl (C=O) groups is 1. The van der Waals surface area contributed by atoms with E-state index >= 15 is 0 Å². The van der Waals surface area contributed by atoms with Crippen molar-refractivity contribution >= 4 is 17.4 Å². The van der Waals surface area contributed by atoms with Gasteiger partial charge in [0.15, 0.2) is 0 Å². The van der Waals surface area contributed by atoms with Gasteiger partial charge in [0.2, 0.25) is 0 Å². The van der Waals surface area contributed by atoms with Crippen LogP contribution in [-0.4, -0.2) is 21.9 Å². The molecule has 132 valence electrons. The number of anilines is 2. The normalized spacial score (nSPS) is 15.4. The van der Waals surface area contributed by atoms with Crippen LogP contribution < -0.4 is 10.6 Å². The van der Waals surface area contributed by atoms with E-state index in [0.29, 0.717) is 17.6 Å². The molecule has 0 radical (unpaired) electrons. The lowest BCUT2D eigenvalue weighted by atomic mass is 10.1. The number of hydrogen-bond acceptors (Lipinski definition) is 4. The lowest BCUT2D eigenvalue weighted by molar-refractivity contribution is 0.102. The molecule has 1 aromatic heterocycles. The van der Waals surface area contributed by atoms with Gasteiger partial charge in [0, 0.05) is 17.8 Å². The van der Waals surface area contributed by atoms with Crippen molar-refractivity contribution in [2.45, 2.75) is 58.4 Å². The zero-order chi connectivity index (χ0) is 17.6. The van der Waals surface area contributed by atoms with Crippen LogP contribution in [0.25, 0.3) is 0 Å². The van der Waals surface area contributed by atoms with Gasteiger partial charge in [0.1, 0.15) is 17.3 Å². The highest BCUT2D eigenvalue weighted by molar-refractivity contribution is 6.03. The second kappa shape index (κ2) is 8.10. The van der Waals surface area contributed by atoms with Crippen LogP contribution >= 0.6 is 0 Å². The fourth-order valence-corrected chi connectivity index (χ4v) is 3.22. The molecule has 0 bridgehead atoms. The van der Waals surface area contributed by atoms with E-state index in [1.165, 1.54) is 25.7 Å². The fraction of sp³-hybridized carbons (Fsp3) is 0.450. The number of aromatic nitrogens is 2. The number of rotatable bonds is 4. The van der Waals surface area contributed by atoms with Crippen molar-refractivity contribution in [3.05, 3.63) is 47.4 Å². The van der Waals surface area contributed by atoms with Gasteiger partial charge in [-0.1, -0.05) is 43.4 Å². The van der Waals surface area contributed by atoms with Gasteiger partial charge in [0.05, 0.1) is 0 Å². The first-order valence-electron chi connectivity index (χ1n) is 9.10. The zero-order valence-electron chi connectivity index (χ0n) is 15.0. The van der Waals surface area contributed by atoms with Crippen LogP contribution in [0.4, 0.5) is 11.5 Å². The fourth-order valence-electron chi connectivity index (χ4n) is 3.22. The van der Waals surface area contributed by atoms with Gasteiger partial charge >= 0.3 is 0 Å². The van der Waals surface area contributed by atoms with Crippen LogP contribution in [-0.2, 0) is 0 Å². The minimum Gasteiger partial charge on any atom is -0.367 e. The Morgan fingerprint density at radius 3 is 2.36 bits per heavy atom. The zero-order valence-corrected chi connectivity index (χ0v) is 15.0. The van der Waals surface area contributed by atoms with Gasteiger partial charge in [-0.05, 0) is 38.8 Å². The summed E-state index contributed by atoms with van der Waals surface area (Å²) in [5.41, 5.74) is 2.32. The van der Waals surface area contributed by atoms with Crippen molar-refractivity contribution in [2.24, 2.45) is 0 Å². The van der Waals surface area contributed by atoms with E-state index in [2.05, 4.69) is 20.6 Å². The summed E-state index contributed by atoms with van der Waals surface area (Å²) in [5, 5.41) is 6.39. The first-order valence-corrected chi connectivity index (χ1v) is 9.10. The molecule has 1 saturated carbocycles. The van der Waals surface area contributed by atoms with Crippen LogP contribution in [0.2, 0.25) is 0 Å². The molecule has 0 spiro atoms. The highest BCUT2D eigenvalue weighted by Gasteiger charge is 2.15. The van der Waals surface area contributed by atoms with Crippen molar-refractivity contribution in [3.8, 4) is 0 Å². The molecule has 1 amide bonds. The summed E-state index contributed by atoms with van der Waals surface area (Å²) in [5.74, 6) is 1.14. The Bertz CT molecular complexity index is 719. The smallest absolute Gasteiger partial charge is 0.274 e.